The van der Waals surface area contributed by atoms with Gasteiger partial charge in [0.05, 0.1) is 17.0 Å². The molecule has 1 atom stereocenters. The number of phenolic OH excluding ortho intramolecular Hbond substituents is 1. The van der Waals surface area contributed by atoms with Crippen LogP contribution in [0.25, 0.3) is 0 Å². The van der Waals surface area contributed by atoms with Gasteiger partial charge in [0.15, 0.2) is 0 Å². The number of carbonyl (C=O) groups excluding carboxylic acids is 1. The fraction of sp³-hybridized carbons (Fsp3) is 0.731. The molecule has 2 rings (SSSR count). The van der Waals surface area contributed by atoms with Crippen LogP contribution >= 0.6 is 0 Å². The Morgan fingerprint density at radius 1 is 1.00 bits per heavy atom. The summed E-state index contributed by atoms with van der Waals surface area (Å²) in [5.74, 6) is -0.682. The third kappa shape index (κ3) is 5.01. The van der Waals surface area contributed by atoms with E-state index in [4.69, 9.17) is 4.84 Å². The van der Waals surface area contributed by atoms with E-state index < -0.39 is 5.92 Å². The molecule has 1 heterocycles. The third-order valence-corrected chi connectivity index (χ3v) is 6.49. The third-order valence-electron chi connectivity index (χ3n) is 6.49. The summed E-state index contributed by atoms with van der Waals surface area (Å²) >= 11 is 0. The van der Waals surface area contributed by atoms with E-state index >= 15 is 0 Å². The van der Waals surface area contributed by atoms with Crippen LogP contribution in [-0.4, -0.2) is 27.2 Å². The van der Waals surface area contributed by atoms with Crippen molar-refractivity contribution in [2.24, 2.45) is 0 Å². The highest BCUT2D eigenvalue weighted by Gasteiger charge is 2.45. The van der Waals surface area contributed by atoms with Crippen molar-refractivity contribution in [3.63, 3.8) is 0 Å². The smallest absolute Gasteiger partial charge is 0.332 e. The molecule has 1 aliphatic heterocycles. The molecular weight excluding hydrogens is 374 g/mol. The topological polar surface area (TPSA) is 49.8 Å². The molecule has 0 aromatic heterocycles. The van der Waals surface area contributed by atoms with Gasteiger partial charge in [-0.25, -0.2) is 4.79 Å². The molecule has 1 unspecified atom stereocenters. The SMILES string of the molecule is CC(C(=O)ON1C(C)(C)CCCC1(C)C)c1cc(C(C)(C)C)cc(C(C)(C)C)c1O. The lowest BCUT2D eigenvalue weighted by atomic mass is 9.77. The average molecular weight is 418 g/mol. The van der Waals surface area contributed by atoms with Gasteiger partial charge in [0.25, 0.3) is 0 Å². The van der Waals surface area contributed by atoms with Crippen LogP contribution in [0.1, 0.15) is 118 Å². The summed E-state index contributed by atoms with van der Waals surface area (Å²) in [7, 11) is 0. The van der Waals surface area contributed by atoms with Crippen molar-refractivity contribution >= 4 is 5.97 Å². The second kappa shape index (κ2) is 7.85. The van der Waals surface area contributed by atoms with Gasteiger partial charge in [-0.1, -0.05) is 53.7 Å². The molecule has 4 nitrogen and oxygen atoms in total. The Morgan fingerprint density at radius 2 is 1.50 bits per heavy atom. The lowest BCUT2D eigenvalue weighted by Gasteiger charge is -2.50. The number of hydrogen-bond donors (Lipinski definition) is 1. The standard InChI is InChI=1S/C26H43NO3/c1-17(22(29)30-27-25(8,9)13-12-14-26(27,10)11)19-15-18(23(2,3)4)16-20(21(19)28)24(5,6)7/h15-17,28H,12-14H2,1-11H3. The Balaban J connectivity index is 2.46. The first-order valence-electron chi connectivity index (χ1n) is 11.3. The molecule has 0 amide bonds. The number of nitrogens with zero attached hydrogens (tertiary/aromatic N) is 1. The molecule has 0 bridgehead atoms. The fourth-order valence-corrected chi connectivity index (χ4v) is 4.51. The molecule has 0 saturated carbocycles. The van der Waals surface area contributed by atoms with Crippen molar-refractivity contribution in [2.45, 2.75) is 123 Å². The van der Waals surface area contributed by atoms with Gasteiger partial charge in [-0.2, -0.15) is 0 Å². The quantitative estimate of drug-likeness (QED) is 0.602. The highest BCUT2D eigenvalue weighted by atomic mass is 16.7. The minimum Gasteiger partial charge on any atom is -0.507 e. The second-order valence-electron chi connectivity index (χ2n) is 12.4. The monoisotopic (exact) mass is 417 g/mol. The zero-order valence-corrected chi connectivity index (χ0v) is 21.1. The number of piperidine rings is 1. The van der Waals surface area contributed by atoms with Crippen molar-refractivity contribution in [1.82, 2.24) is 5.06 Å². The van der Waals surface area contributed by atoms with E-state index in [0.29, 0.717) is 5.56 Å². The molecule has 30 heavy (non-hydrogen) atoms. The molecule has 1 aromatic rings. The largest absolute Gasteiger partial charge is 0.507 e. The predicted octanol–water partition coefficient (Wildman–Crippen LogP) is 6.59. The van der Waals surface area contributed by atoms with E-state index in [2.05, 4.69) is 75.3 Å². The van der Waals surface area contributed by atoms with Gasteiger partial charge in [0.2, 0.25) is 0 Å². The molecule has 0 spiro atoms. The Bertz CT molecular complexity index is 778. The Labute approximate surface area is 184 Å². The van der Waals surface area contributed by atoms with Crippen molar-refractivity contribution in [3.05, 3.63) is 28.8 Å². The summed E-state index contributed by atoms with van der Waals surface area (Å²) in [5, 5.41) is 13.0. The van der Waals surface area contributed by atoms with Gasteiger partial charge in [-0.05, 0) is 75.8 Å². The summed E-state index contributed by atoms with van der Waals surface area (Å²) in [6.07, 6.45) is 3.08. The van der Waals surface area contributed by atoms with Gasteiger partial charge in [0, 0.05) is 5.56 Å². The second-order valence-corrected chi connectivity index (χ2v) is 12.4. The molecule has 1 N–H and O–H groups in total. The highest BCUT2D eigenvalue weighted by molar-refractivity contribution is 5.79. The number of hydroxylamine groups is 2. The number of hydrogen-bond acceptors (Lipinski definition) is 4. The highest BCUT2D eigenvalue weighted by Crippen LogP contribution is 2.42. The number of carbonyl (C=O) groups is 1. The van der Waals surface area contributed by atoms with Gasteiger partial charge in [0.1, 0.15) is 5.75 Å². The Kier molecular flexibility index (Phi) is 6.47. The fourth-order valence-electron chi connectivity index (χ4n) is 4.51. The molecule has 0 radical (unpaired) electrons. The molecule has 1 aromatic carbocycles. The van der Waals surface area contributed by atoms with E-state index in [1.54, 1.807) is 0 Å². The van der Waals surface area contributed by atoms with E-state index in [1.807, 2.05) is 18.1 Å². The number of aromatic hydroxyl groups is 1. The summed E-state index contributed by atoms with van der Waals surface area (Å²) in [5.41, 5.74) is 1.85. The van der Waals surface area contributed by atoms with Gasteiger partial charge < -0.3 is 9.94 Å². The van der Waals surface area contributed by atoms with Crippen molar-refractivity contribution < 1.29 is 14.7 Å². The number of phenols is 1. The first-order valence-corrected chi connectivity index (χ1v) is 11.3. The first-order chi connectivity index (χ1) is 13.4. The Hall–Kier alpha value is -1.55. The van der Waals surface area contributed by atoms with Gasteiger partial charge in [-0.15, -0.1) is 5.06 Å². The molecule has 4 heteroatoms. The lowest BCUT2D eigenvalue weighted by Crippen LogP contribution is -2.59. The van der Waals surface area contributed by atoms with Crippen LogP contribution < -0.4 is 0 Å². The molecule has 0 aliphatic carbocycles. The zero-order chi connectivity index (χ0) is 23.3. The van der Waals surface area contributed by atoms with Gasteiger partial charge >= 0.3 is 5.97 Å². The summed E-state index contributed by atoms with van der Waals surface area (Å²) in [6.45, 7) is 23.0. The van der Waals surface area contributed by atoms with E-state index in [9.17, 15) is 9.90 Å². The minimum atomic E-state index is -0.568. The number of rotatable bonds is 3. The van der Waals surface area contributed by atoms with Gasteiger partial charge in [-0.3, -0.25) is 0 Å². The maximum Gasteiger partial charge on any atom is 0.332 e. The van der Waals surface area contributed by atoms with Crippen LogP contribution in [0.4, 0.5) is 0 Å². The van der Waals surface area contributed by atoms with Crippen LogP contribution in [0.2, 0.25) is 0 Å². The maximum atomic E-state index is 13.3. The normalized spacial score (nSPS) is 20.6. The zero-order valence-electron chi connectivity index (χ0n) is 21.1. The van der Waals surface area contributed by atoms with Crippen molar-refractivity contribution in [1.29, 1.82) is 0 Å². The van der Waals surface area contributed by atoms with Crippen LogP contribution in [0, 0.1) is 0 Å². The molecule has 1 aliphatic rings. The predicted molar refractivity (Wildman–Crippen MR) is 124 cm³/mol. The Morgan fingerprint density at radius 3 is 1.93 bits per heavy atom. The summed E-state index contributed by atoms with van der Waals surface area (Å²) in [6, 6.07) is 4.05. The van der Waals surface area contributed by atoms with Crippen LogP contribution in [0.15, 0.2) is 12.1 Å². The lowest BCUT2D eigenvalue weighted by molar-refractivity contribution is -0.266. The molecule has 1 fully saturated rings. The van der Waals surface area contributed by atoms with Crippen LogP contribution in [-0.2, 0) is 20.5 Å². The summed E-state index contributed by atoms with van der Waals surface area (Å²) in [4.78, 5) is 19.3. The maximum absolute atomic E-state index is 13.3. The van der Waals surface area contributed by atoms with E-state index in [1.165, 1.54) is 0 Å². The first kappa shape index (κ1) is 24.7. The molecular formula is C26H43NO3. The van der Waals surface area contributed by atoms with Crippen LogP contribution in [0.5, 0.6) is 5.75 Å². The molecule has 1 saturated heterocycles. The number of benzene rings is 1. The molecule has 170 valence electrons. The van der Waals surface area contributed by atoms with Crippen molar-refractivity contribution in [3.8, 4) is 5.75 Å². The van der Waals surface area contributed by atoms with Crippen molar-refractivity contribution in [2.75, 3.05) is 0 Å². The van der Waals surface area contributed by atoms with E-state index in [-0.39, 0.29) is 33.6 Å². The van der Waals surface area contributed by atoms with E-state index in [0.717, 1.165) is 30.4 Å². The minimum absolute atomic E-state index is 0.0943. The average Bonchev–Trinajstić information content (AvgIpc) is 2.55. The summed E-state index contributed by atoms with van der Waals surface area (Å²) < 4.78 is 0. The van der Waals surface area contributed by atoms with Crippen LogP contribution in [0.3, 0.4) is 0 Å².